The van der Waals surface area contributed by atoms with E-state index in [1.807, 2.05) is 25.3 Å². The number of anilines is 2. The third kappa shape index (κ3) is 4.55. The van der Waals surface area contributed by atoms with Crippen molar-refractivity contribution in [1.82, 2.24) is 19.9 Å². The smallest absolute Gasteiger partial charge is 0.322 e. The molecular formula is C14H20N6O. The molecule has 0 bridgehead atoms. The number of nitrogens with zero attached hydrogens (tertiary/aromatic N) is 4. The van der Waals surface area contributed by atoms with E-state index in [4.69, 9.17) is 4.74 Å². The Morgan fingerprint density at radius 1 is 1.10 bits per heavy atom. The van der Waals surface area contributed by atoms with Crippen molar-refractivity contribution < 1.29 is 4.74 Å². The van der Waals surface area contributed by atoms with Gasteiger partial charge in [0.05, 0.1) is 7.11 Å². The molecule has 0 saturated carbocycles. The third-order valence-electron chi connectivity index (χ3n) is 2.75. The Morgan fingerprint density at radius 2 is 1.86 bits per heavy atom. The highest BCUT2D eigenvalue weighted by Crippen LogP contribution is 2.12. The molecule has 7 heteroatoms. The molecule has 0 atom stereocenters. The van der Waals surface area contributed by atoms with Crippen LogP contribution >= 0.6 is 0 Å². The van der Waals surface area contributed by atoms with Crippen LogP contribution in [-0.4, -0.2) is 33.6 Å². The molecule has 0 fully saturated rings. The van der Waals surface area contributed by atoms with E-state index >= 15 is 0 Å². The Balaban J connectivity index is 2.05. The molecule has 0 aliphatic rings. The molecule has 2 aromatic heterocycles. The van der Waals surface area contributed by atoms with Gasteiger partial charge in [0.2, 0.25) is 11.9 Å². The fraction of sp³-hybridized carbons (Fsp3) is 0.429. The highest BCUT2D eigenvalue weighted by Gasteiger charge is 2.06. The Kier molecular flexibility index (Phi) is 5.25. The van der Waals surface area contributed by atoms with Gasteiger partial charge >= 0.3 is 6.01 Å². The van der Waals surface area contributed by atoms with Crippen molar-refractivity contribution >= 4 is 11.9 Å². The minimum absolute atomic E-state index is 0.285. The molecular weight excluding hydrogens is 268 g/mol. The van der Waals surface area contributed by atoms with Crippen LogP contribution in [-0.2, 0) is 6.54 Å². The minimum atomic E-state index is 0.285. The zero-order valence-corrected chi connectivity index (χ0v) is 12.6. The van der Waals surface area contributed by atoms with E-state index in [0.29, 0.717) is 18.4 Å². The summed E-state index contributed by atoms with van der Waals surface area (Å²) in [7, 11) is 1.53. The van der Waals surface area contributed by atoms with Gasteiger partial charge in [0, 0.05) is 25.0 Å². The van der Waals surface area contributed by atoms with E-state index in [1.165, 1.54) is 7.11 Å². The molecule has 2 N–H and O–H groups in total. The molecule has 0 spiro atoms. The van der Waals surface area contributed by atoms with Gasteiger partial charge in [-0.15, -0.1) is 0 Å². The normalized spacial score (nSPS) is 10.2. The second-order valence-corrected chi connectivity index (χ2v) is 4.56. The van der Waals surface area contributed by atoms with Crippen molar-refractivity contribution in [2.24, 2.45) is 0 Å². The molecule has 2 aromatic rings. The topological polar surface area (TPSA) is 84.9 Å². The summed E-state index contributed by atoms with van der Waals surface area (Å²) in [4.78, 5) is 16.9. The minimum Gasteiger partial charge on any atom is -0.467 e. The van der Waals surface area contributed by atoms with Gasteiger partial charge in [0.15, 0.2) is 0 Å². The zero-order chi connectivity index (χ0) is 15.1. The Hall–Kier alpha value is -2.44. The van der Waals surface area contributed by atoms with Crippen LogP contribution in [0.4, 0.5) is 11.9 Å². The quantitative estimate of drug-likeness (QED) is 0.806. The highest BCUT2D eigenvalue weighted by molar-refractivity contribution is 5.36. The van der Waals surface area contributed by atoms with E-state index in [0.717, 1.165) is 24.2 Å². The largest absolute Gasteiger partial charge is 0.467 e. The first-order valence-electron chi connectivity index (χ1n) is 6.90. The van der Waals surface area contributed by atoms with Gasteiger partial charge in [0.1, 0.15) is 0 Å². The lowest BCUT2D eigenvalue weighted by Crippen LogP contribution is -2.10. The summed E-state index contributed by atoms with van der Waals surface area (Å²) < 4.78 is 5.09. The summed E-state index contributed by atoms with van der Waals surface area (Å²) >= 11 is 0. The monoisotopic (exact) mass is 288 g/mol. The summed E-state index contributed by atoms with van der Waals surface area (Å²) in [5, 5.41) is 6.27. The first kappa shape index (κ1) is 15.0. The van der Waals surface area contributed by atoms with Gasteiger partial charge in [-0.25, -0.2) is 0 Å². The lowest BCUT2D eigenvalue weighted by molar-refractivity contribution is 0.379. The maximum atomic E-state index is 5.09. The second-order valence-electron chi connectivity index (χ2n) is 4.56. The van der Waals surface area contributed by atoms with E-state index in [9.17, 15) is 0 Å². The van der Waals surface area contributed by atoms with E-state index in [2.05, 4.69) is 37.5 Å². The van der Waals surface area contributed by atoms with Gasteiger partial charge in [-0.2, -0.15) is 15.0 Å². The van der Waals surface area contributed by atoms with Crippen molar-refractivity contribution in [2.75, 3.05) is 24.3 Å². The van der Waals surface area contributed by atoms with Crippen LogP contribution in [0.2, 0.25) is 0 Å². The Labute approximate surface area is 124 Å². The van der Waals surface area contributed by atoms with Crippen molar-refractivity contribution in [3.05, 3.63) is 29.6 Å². The number of hydrogen-bond donors (Lipinski definition) is 2. The predicted octanol–water partition coefficient (Wildman–Crippen LogP) is 2.02. The van der Waals surface area contributed by atoms with Crippen LogP contribution in [0.3, 0.4) is 0 Å². The number of aryl methyl sites for hydroxylation is 1. The summed E-state index contributed by atoms with van der Waals surface area (Å²) in [6.45, 7) is 5.43. The van der Waals surface area contributed by atoms with Gasteiger partial charge in [-0.3, -0.25) is 4.98 Å². The molecule has 0 aliphatic carbocycles. The summed E-state index contributed by atoms with van der Waals surface area (Å²) in [6.07, 6.45) is 2.82. The lowest BCUT2D eigenvalue weighted by atomic mass is 10.2. The molecule has 0 saturated heterocycles. The van der Waals surface area contributed by atoms with Crippen LogP contribution in [0.1, 0.15) is 24.6 Å². The molecule has 2 heterocycles. The van der Waals surface area contributed by atoms with Gasteiger partial charge in [-0.05, 0) is 25.0 Å². The van der Waals surface area contributed by atoms with Crippen LogP contribution in [0, 0.1) is 6.92 Å². The third-order valence-corrected chi connectivity index (χ3v) is 2.75. The summed E-state index contributed by atoms with van der Waals surface area (Å²) in [6, 6.07) is 4.27. The SMILES string of the molecule is CCCNc1nc(NCc2ccc(C)nc2)nc(OC)n1. The fourth-order valence-electron chi connectivity index (χ4n) is 1.63. The van der Waals surface area contributed by atoms with Crippen LogP contribution < -0.4 is 15.4 Å². The standard InChI is InChI=1S/C14H20N6O/c1-4-7-15-12-18-13(20-14(19-12)21-3)17-9-11-6-5-10(2)16-8-11/h5-6,8H,4,7,9H2,1-3H3,(H2,15,17,18,19,20). The first-order chi connectivity index (χ1) is 10.2. The molecule has 112 valence electrons. The Bertz CT molecular complexity index is 572. The molecule has 0 aliphatic heterocycles. The van der Waals surface area contributed by atoms with Crippen molar-refractivity contribution in [3.63, 3.8) is 0 Å². The Morgan fingerprint density at radius 3 is 2.48 bits per heavy atom. The second kappa shape index (κ2) is 7.37. The zero-order valence-electron chi connectivity index (χ0n) is 12.6. The van der Waals surface area contributed by atoms with Crippen LogP contribution in [0.5, 0.6) is 6.01 Å². The predicted molar refractivity (Wildman–Crippen MR) is 81.5 cm³/mol. The lowest BCUT2D eigenvalue weighted by Gasteiger charge is -2.09. The van der Waals surface area contributed by atoms with Crippen LogP contribution in [0.25, 0.3) is 0 Å². The number of pyridine rings is 1. The van der Waals surface area contributed by atoms with E-state index < -0.39 is 0 Å². The van der Waals surface area contributed by atoms with Crippen molar-refractivity contribution in [1.29, 1.82) is 0 Å². The maximum absolute atomic E-state index is 5.09. The molecule has 0 aromatic carbocycles. The highest BCUT2D eigenvalue weighted by atomic mass is 16.5. The van der Waals surface area contributed by atoms with Crippen LogP contribution in [0.15, 0.2) is 18.3 Å². The van der Waals surface area contributed by atoms with Gasteiger partial charge in [-0.1, -0.05) is 13.0 Å². The number of ether oxygens (including phenoxy) is 1. The average Bonchev–Trinajstić information content (AvgIpc) is 2.52. The van der Waals surface area contributed by atoms with Crippen molar-refractivity contribution in [3.8, 4) is 6.01 Å². The number of aromatic nitrogens is 4. The van der Waals surface area contributed by atoms with E-state index in [1.54, 1.807) is 0 Å². The molecule has 0 unspecified atom stereocenters. The molecule has 0 amide bonds. The number of rotatable bonds is 7. The maximum Gasteiger partial charge on any atom is 0.322 e. The number of nitrogens with one attached hydrogen (secondary N) is 2. The molecule has 2 rings (SSSR count). The summed E-state index contributed by atoms with van der Waals surface area (Å²) in [5.74, 6) is 0.981. The number of hydrogen-bond acceptors (Lipinski definition) is 7. The first-order valence-corrected chi connectivity index (χ1v) is 6.90. The molecule has 7 nitrogen and oxygen atoms in total. The molecule has 0 radical (unpaired) electrons. The molecule has 21 heavy (non-hydrogen) atoms. The summed E-state index contributed by atoms with van der Waals surface area (Å²) in [5.41, 5.74) is 2.05. The van der Waals surface area contributed by atoms with Crippen molar-refractivity contribution in [2.45, 2.75) is 26.8 Å². The van der Waals surface area contributed by atoms with Gasteiger partial charge < -0.3 is 15.4 Å². The number of methoxy groups -OCH3 is 1. The average molecular weight is 288 g/mol. The van der Waals surface area contributed by atoms with E-state index in [-0.39, 0.29) is 6.01 Å². The fourth-order valence-corrected chi connectivity index (χ4v) is 1.63. The van der Waals surface area contributed by atoms with Gasteiger partial charge in [0.25, 0.3) is 0 Å².